The topological polar surface area (TPSA) is 70.9 Å². The van der Waals surface area contributed by atoms with Crippen LogP contribution in [0.3, 0.4) is 0 Å². The molecule has 3 aromatic rings. The Morgan fingerprint density at radius 3 is 2.65 bits per heavy atom. The maximum absolute atomic E-state index is 12.3. The summed E-state index contributed by atoms with van der Waals surface area (Å²) in [6.07, 6.45) is 1.70. The molecular weight excluding hydrogens is 250 g/mol. The molecule has 3 rings (SSSR count). The van der Waals surface area contributed by atoms with Crippen LogP contribution in [0.4, 0.5) is 11.4 Å². The standard InChI is InChI=1S/C16H15N3O/c1-10-2-5-12(6-3-10)19-16(20)14-9-18-15-7-4-11(17)8-13(14)15/h2-9,18H,17H2,1H3,(H,19,20). The van der Waals surface area contributed by atoms with Crippen molar-refractivity contribution in [3.63, 3.8) is 0 Å². The molecule has 0 saturated carbocycles. The van der Waals surface area contributed by atoms with E-state index in [0.717, 1.165) is 22.2 Å². The van der Waals surface area contributed by atoms with E-state index in [0.29, 0.717) is 11.3 Å². The number of benzene rings is 2. The highest BCUT2D eigenvalue weighted by atomic mass is 16.1. The van der Waals surface area contributed by atoms with E-state index in [1.54, 1.807) is 18.3 Å². The Morgan fingerprint density at radius 2 is 1.90 bits per heavy atom. The van der Waals surface area contributed by atoms with Gasteiger partial charge in [0.1, 0.15) is 0 Å². The van der Waals surface area contributed by atoms with Crippen molar-refractivity contribution in [3.05, 3.63) is 59.8 Å². The van der Waals surface area contributed by atoms with Crippen molar-refractivity contribution in [1.29, 1.82) is 0 Å². The summed E-state index contributed by atoms with van der Waals surface area (Å²) >= 11 is 0. The number of hydrogen-bond donors (Lipinski definition) is 3. The maximum Gasteiger partial charge on any atom is 0.257 e. The summed E-state index contributed by atoms with van der Waals surface area (Å²) < 4.78 is 0. The zero-order valence-electron chi connectivity index (χ0n) is 11.1. The van der Waals surface area contributed by atoms with Gasteiger partial charge in [0.25, 0.3) is 5.91 Å². The number of aryl methyl sites for hydroxylation is 1. The first kappa shape index (κ1) is 12.3. The lowest BCUT2D eigenvalue weighted by molar-refractivity contribution is 0.102. The van der Waals surface area contributed by atoms with Crippen molar-refractivity contribution in [2.45, 2.75) is 6.92 Å². The van der Waals surface area contributed by atoms with Gasteiger partial charge < -0.3 is 16.0 Å². The van der Waals surface area contributed by atoms with E-state index in [1.165, 1.54) is 0 Å². The van der Waals surface area contributed by atoms with Crippen molar-refractivity contribution in [2.24, 2.45) is 0 Å². The number of amides is 1. The normalized spacial score (nSPS) is 10.7. The van der Waals surface area contributed by atoms with Crippen LogP contribution in [0.1, 0.15) is 15.9 Å². The Kier molecular flexibility index (Phi) is 2.91. The Hall–Kier alpha value is -2.75. The molecule has 0 bridgehead atoms. The largest absolute Gasteiger partial charge is 0.399 e. The number of aromatic nitrogens is 1. The molecule has 1 aromatic heterocycles. The maximum atomic E-state index is 12.3. The van der Waals surface area contributed by atoms with Gasteiger partial charge in [0.05, 0.1) is 5.56 Å². The Bertz CT molecular complexity index is 772. The lowest BCUT2D eigenvalue weighted by atomic mass is 10.1. The molecule has 0 aliphatic heterocycles. The van der Waals surface area contributed by atoms with E-state index in [-0.39, 0.29) is 5.91 Å². The van der Waals surface area contributed by atoms with Crippen LogP contribution in [0.2, 0.25) is 0 Å². The van der Waals surface area contributed by atoms with Gasteiger partial charge in [0.2, 0.25) is 0 Å². The zero-order chi connectivity index (χ0) is 14.1. The molecule has 0 atom stereocenters. The lowest BCUT2D eigenvalue weighted by Gasteiger charge is -2.05. The second kappa shape index (κ2) is 4.74. The number of H-pyrrole nitrogens is 1. The molecule has 100 valence electrons. The first-order valence-electron chi connectivity index (χ1n) is 6.38. The lowest BCUT2D eigenvalue weighted by Crippen LogP contribution is -2.11. The third-order valence-corrected chi connectivity index (χ3v) is 3.26. The number of aromatic amines is 1. The van der Waals surface area contributed by atoms with Crippen LogP contribution in [0.15, 0.2) is 48.7 Å². The predicted octanol–water partition coefficient (Wildman–Crippen LogP) is 3.31. The van der Waals surface area contributed by atoms with Gasteiger partial charge in [-0.15, -0.1) is 0 Å². The fourth-order valence-corrected chi connectivity index (χ4v) is 2.16. The molecule has 1 heterocycles. The molecule has 0 unspecified atom stereocenters. The summed E-state index contributed by atoms with van der Waals surface area (Å²) in [5.41, 5.74) is 9.84. The first-order chi connectivity index (χ1) is 9.63. The molecule has 0 aliphatic rings. The third-order valence-electron chi connectivity index (χ3n) is 3.26. The quantitative estimate of drug-likeness (QED) is 0.622. The van der Waals surface area contributed by atoms with Crippen molar-refractivity contribution >= 4 is 28.2 Å². The number of nitrogens with one attached hydrogen (secondary N) is 2. The summed E-state index contributed by atoms with van der Waals surface area (Å²) in [5, 5.41) is 3.71. The summed E-state index contributed by atoms with van der Waals surface area (Å²) in [7, 11) is 0. The van der Waals surface area contributed by atoms with E-state index in [2.05, 4.69) is 10.3 Å². The average molecular weight is 265 g/mol. The number of rotatable bonds is 2. The van der Waals surface area contributed by atoms with E-state index >= 15 is 0 Å². The number of hydrogen-bond acceptors (Lipinski definition) is 2. The Balaban J connectivity index is 1.92. The monoisotopic (exact) mass is 265 g/mol. The van der Waals surface area contributed by atoms with Crippen LogP contribution in [-0.4, -0.2) is 10.9 Å². The minimum atomic E-state index is -0.147. The highest BCUT2D eigenvalue weighted by Crippen LogP contribution is 2.22. The van der Waals surface area contributed by atoms with Crippen LogP contribution in [0, 0.1) is 6.92 Å². The van der Waals surface area contributed by atoms with Crippen molar-refractivity contribution in [2.75, 3.05) is 11.1 Å². The summed E-state index contributed by atoms with van der Waals surface area (Å²) in [5.74, 6) is -0.147. The molecule has 0 saturated heterocycles. The zero-order valence-corrected chi connectivity index (χ0v) is 11.1. The van der Waals surface area contributed by atoms with Gasteiger partial charge in [-0.05, 0) is 37.3 Å². The number of nitrogens with two attached hydrogens (primary N) is 1. The molecule has 0 aliphatic carbocycles. The van der Waals surface area contributed by atoms with Crippen LogP contribution in [0.5, 0.6) is 0 Å². The van der Waals surface area contributed by atoms with Gasteiger partial charge in [-0.3, -0.25) is 4.79 Å². The molecule has 4 nitrogen and oxygen atoms in total. The average Bonchev–Trinajstić information content (AvgIpc) is 2.84. The smallest absolute Gasteiger partial charge is 0.257 e. The van der Waals surface area contributed by atoms with Crippen LogP contribution >= 0.6 is 0 Å². The number of carbonyl (C=O) groups is 1. The second-order valence-corrected chi connectivity index (χ2v) is 4.83. The number of carbonyl (C=O) groups excluding carboxylic acids is 1. The Morgan fingerprint density at radius 1 is 1.15 bits per heavy atom. The molecule has 0 radical (unpaired) electrons. The summed E-state index contributed by atoms with van der Waals surface area (Å²) in [4.78, 5) is 15.4. The SMILES string of the molecule is Cc1ccc(NC(=O)c2c[nH]c3ccc(N)cc23)cc1. The molecule has 0 fully saturated rings. The van der Waals surface area contributed by atoms with Crippen LogP contribution in [0.25, 0.3) is 10.9 Å². The number of fused-ring (bicyclic) bond motifs is 1. The van der Waals surface area contributed by atoms with Crippen LogP contribution in [-0.2, 0) is 0 Å². The minimum Gasteiger partial charge on any atom is -0.399 e. The molecule has 1 amide bonds. The Labute approximate surface area is 116 Å². The third kappa shape index (κ3) is 2.23. The molecule has 4 heteroatoms. The molecular formula is C16H15N3O. The molecule has 4 N–H and O–H groups in total. The van der Waals surface area contributed by atoms with Crippen molar-refractivity contribution in [3.8, 4) is 0 Å². The van der Waals surface area contributed by atoms with E-state index in [4.69, 9.17) is 5.73 Å². The van der Waals surface area contributed by atoms with Gasteiger partial charge in [0.15, 0.2) is 0 Å². The van der Waals surface area contributed by atoms with Crippen molar-refractivity contribution in [1.82, 2.24) is 4.98 Å². The highest BCUT2D eigenvalue weighted by Gasteiger charge is 2.12. The fourth-order valence-electron chi connectivity index (χ4n) is 2.16. The van der Waals surface area contributed by atoms with Crippen molar-refractivity contribution < 1.29 is 4.79 Å². The first-order valence-corrected chi connectivity index (χ1v) is 6.38. The van der Waals surface area contributed by atoms with Gasteiger partial charge in [-0.25, -0.2) is 0 Å². The number of anilines is 2. The molecule has 0 spiro atoms. The van der Waals surface area contributed by atoms with Gasteiger partial charge in [0, 0.05) is 28.5 Å². The second-order valence-electron chi connectivity index (χ2n) is 4.83. The van der Waals surface area contributed by atoms with E-state index in [9.17, 15) is 4.79 Å². The van der Waals surface area contributed by atoms with Gasteiger partial charge in [-0.1, -0.05) is 17.7 Å². The van der Waals surface area contributed by atoms with Crippen LogP contribution < -0.4 is 11.1 Å². The fraction of sp³-hybridized carbons (Fsp3) is 0.0625. The van der Waals surface area contributed by atoms with E-state index in [1.807, 2.05) is 37.3 Å². The molecule has 20 heavy (non-hydrogen) atoms. The number of nitrogen functional groups attached to an aromatic ring is 1. The van der Waals surface area contributed by atoms with Gasteiger partial charge in [-0.2, -0.15) is 0 Å². The predicted molar refractivity (Wildman–Crippen MR) is 81.8 cm³/mol. The summed E-state index contributed by atoms with van der Waals surface area (Å²) in [6.45, 7) is 2.01. The molecule has 2 aromatic carbocycles. The van der Waals surface area contributed by atoms with Gasteiger partial charge >= 0.3 is 0 Å². The minimum absolute atomic E-state index is 0.147. The summed E-state index contributed by atoms with van der Waals surface area (Å²) in [6, 6.07) is 13.2. The highest BCUT2D eigenvalue weighted by molar-refractivity contribution is 6.13. The van der Waals surface area contributed by atoms with E-state index < -0.39 is 0 Å².